The van der Waals surface area contributed by atoms with Gasteiger partial charge >= 0.3 is 5.97 Å². The highest BCUT2D eigenvalue weighted by Crippen LogP contribution is 2.30. The van der Waals surface area contributed by atoms with E-state index in [1.54, 1.807) is 24.3 Å². The molecule has 0 amide bonds. The summed E-state index contributed by atoms with van der Waals surface area (Å²) in [6, 6.07) is 10.7. The number of ether oxygens (including phenoxy) is 3. The average molecular weight is 511 g/mol. The molecular formula is C27H31FN4O5. The van der Waals surface area contributed by atoms with Gasteiger partial charge in [0.2, 0.25) is 12.2 Å². The van der Waals surface area contributed by atoms with E-state index in [-0.39, 0.29) is 23.5 Å². The fraction of sp³-hybridized carbons (Fsp3) is 0.519. The molecule has 3 aliphatic rings. The van der Waals surface area contributed by atoms with E-state index in [9.17, 15) is 14.3 Å². The van der Waals surface area contributed by atoms with Crippen LogP contribution in [0.25, 0.3) is 11.0 Å². The van der Waals surface area contributed by atoms with Crippen molar-refractivity contribution in [2.45, 2.75) is 50.7 Å². The summed E-state index contributed by atoms with van der Waals surface area (Å²) in [6.45, 7) is 4.66. The Hall–Kier alpha value is -3.08. The minimum absolute atomic E-state index is 0.136. The molecule has 196 valence electrons. The third-order valence-electron chi connectivity index (χ3n) is 7.64. The van der Waals surface area contributed by atoms with Gasteiger partial charge in [-0.2, -0.15) is 0 Å². The number of aromatic nitrogens is 3. The maximum atomic E-state index is 14.2. The van der Waals surface area contributed by atoms with E-state index < -0.39 is 12.3 Å². The van der Waals surface area contributed by atoms with Crippen LogP contribution in [0.2, 0.25) is 0 Å². The minimum atomic E-state index is -1.39. The zero-order valence-corrected chi connectivity index (χ0v) is 20.6. The molecule has 1 N–H and O–H groups in total. The number of nitrogens with zero attached hydrogens (tertiary/aromatic N) is 4. The smallest absolute Gasteiger partial charge is 0.335 e. The van der Waals surface area contributed by atoms with Gasteiger partial charge in [-0.05, 0) is 56.6 Å². The SMILES string of the molecule is O=C(O)c1ccc2nc(CN3CCC(c4cccc(O[C@@H](F)C5COC5)n4)CC3)n(C[C@@H]3CCO3)c2c1. The van der Waals surface area contributed by atoms with Crippen molar-refractivity contribution in [3.8, 4) is 5.88 Å². The highest BCUT2D eigenvalue weighted by atomic mass is 19.1. The summed E-state index contributed by atoms with van der Waals surface area (Å²) >= 11 is 0. The number of hydrogen-bond acceptors (Lipinski definition) is 7. The van der Waals surface area contributed by atoms with E-state index in [1.165, 1.54) is 0 Å². The second-order valence-corrected chi connectivity index (χ2v) is 10.1. The molecule has 2 aromatic heterocycles. The molecule has 0 saturated carbocycles. The van der Waals surface area contributed by atoms with Gasteiger partial charge in [0.25, 0.3) is 0 Å². The van der Waals surface area contributed by atoms with Crippen molar-refractivity contribution >= 4 is 17.0 Å². The maximum absolute atomic E-state index is 14.2. The van der Waals surface area contributed by atoms with Crippen LogP contribution in [0.5, 0.6) is 5.88 Å². The number of benzene rings is 1. The molecule has 3 aliphatic heterocycles. The lowest BCUT2D eigenvalue weighted by Gasteiger charge is -2.32. The largest absolute Gasteiger partial charge is 0.478 e. The number of carbonyl (C=O) groups is 1. The van der Waals surface area contributed by atoms with Gasteiger partial charge in [0.05, 0.1) is 54.9 Å². The molecule has 3 saturated heterocycles. The van der Waals surface area contributed by atoms with Crippen LogP contribution < -0.4 is 4.74 Å². The fourth-order valence-corrected chi connectivity index (χ4v) is 5.19. The van der Waals surface area contributed by atoms with Crippen molar-refractivity contribution in [3.05, 3.63) is 53.5 Å². The van der Waals surface area contributed by atoms with Crippen molar-refractivity contribution in [1.29, 1.82) is 0 Å². The number of pyridine rings is 1. The van der Waals surface area contributed by atoms with Gasteiger partial charge in [-0.25, -0.2) is 19.2 Å². The molecule has 37 heavy (non-hydrogen) atoms. The average Bonchev–Trinajstić information content (AvgIpc) is 3.16. The standard InChI is InChI=1S/C27H31FN4O5/c28-26(19-15-35-16-19)37-25-3-1-2-21(30-25)17-6-9-31(10-7-17)14-24-29-22-5-4-18(27(33)34)12-23(22)32(24)13-20-8-11-36-20/h1-5,12,17,19-20,26H,6-11,13-16H2,(H,33,34)/t20-,26+/m0/s1. The number of carboxylic acids is 1. The number of hydrogen-bond donors (Lipinski definition) is 1. The van der Waals surface area contributed by atoms with Crippen molar-refractivity contribution in [1.82, 2.24) is 19.4 Å². The first-order valence-corrected chi connectivity index (χ1v) is 13.0. The summed E-state index contributed by atoms with van der Waals surface area (Å²) < 4.78 is 32.5. The first kappa shape index (κ1) is 24.3. The molecule has 0 radical (unpaired) electrons. The van der Waals surface area contributed by atoms with Gasteiger partial charge in [0.1, 0.15) is 5.82 Å². The predicted octanol–water partition coefficient (Wildman–Crippen LogP) is 3.62. The Morgan fingerprint density at radius 1 is 1.16 bits per heavy atom. The molecule has 3 fully saturated rings. The Labute approximate surface area is 214 Å². The van der Waals surface area contributed by atoms with E-state index in [2.05, 4.69) is 14.5 Å². The number of imidazole rings is 1. The second kappa shape index (κ2) is 10.4. The lowest BCUT2D eigenvalue weighted by atomic mass is 9.93. The number of alkyl halides is 1. The summed E-state index contributed by atoms with van der Waals surface area (Å²) in [7, 11) is 0. The molecule has 3 aromatic rings. The summed E-state index contributed by atoms with van der Waals surface area (Å²) in [5.41, 5.74) is 2.83. The number of piperidine rings is 1. The van der Waals surface area contributed by atoms with Crippen LogP contribution >= 0.6 is 0 Å². The molecular weight excluding hydrogens is 479 g/mol. The van der Waals surface area contributed by atoms with Gasteiger partial charge in [0, 0.05) is 24.3 Å². The van der Waals surface area contributed by atoms with E-state index in [4.69, 9.17) is 19.2 Å². The fourth-order valence-electron chi connectivity index (χ4n) is 5.19. The third-order valence-corrected chi connectivity index (χ3v) is 7.64. The van der Waals surface area contributed by atoms with Crippen LogP contribution in [-0.2, 0) is 22.6 Å². The third kappa shape index (κ3) is 5.18. The summed E-state index contributed by atoms with van der Waals surface area (Å²) in [4.78, 5) is 23.4. The van der Waals surface area contributed by atoms with Crippen LogP contribution in [0.3, 0.4) is 0 Å². The zero-order chi connectivity index (χ0) is 25.4. The second-order valence-electron chi connectivity index (χ2n) is 10.1. The number of aromatic carboxylic acids is 1. The first-order valence-electron chi connectivity index (χ1n) is 13.0. The zero-order valence-electron chi connectivity index (χ0n) is 20.6. The molecule has 2 atom stereocenters. The molecule has 0 spiro atoms. The van der Waals surface area contributed by atoms with E-state index in [1.807, 2.05) is 12.1 Å². The number of likely N-dealkylation sites (tertiary alicyclic amines) is 1. The summed E-state index contributed by atoms with van der Waals surface area (Å²) in [5, 5.41) is 9.46. The number of carboxylic acid groups (broad SMARTS) is 1. The number of fused-ring (bicyclic) bond motifs is 1. The Morgan fingerprint density at radius 2 is 1.97 bits per heavy atom. The van der Waals surface area contributed by atoms with Gasteiger partial charge in [-0.15, -0.1) is 0 Å². The van der Waals surface area contributed by atoms with Crippen LogP contribution in [0, 0.1) is 5.92 Å². The van der Waals surface area contributed by atoms with Crippen LogP contribution in [0.4, 0.5) is 4.39 Å². The lowest BCUT2D eigenvalue weighted by Crippen LogP contribution is -2.38. The quantitative estimate of drug-likeness (QED) is 0.466. The van der Waals surface area contributed by atoms with Crippen molar-refractivity contribution < 1.29 is 28.5 Å². The maximum Gasteiger partial charge on any atom is 0.335 e. The van der Waals surface area contributed by atoms with Crippen molar-refractivity contribution in [3.63, 3.8) is 0 Å². The predicted molar refractivity (Wildman–Crippen MR) is 132 cm³/mol. The molecule has 0 bridgehead atoms. The van der Waals surface area contributed by atoms with E-state index in [0.717, 1.165) is 61.5 Å². The topological polar surface area (TPSA) is 98.9 Å². The van der Waals surface area contributed by atoms with Crippen molar-refractivity contribution in [2.24, 2.45) is 5.92 Å². The van der Waals surface area contributed by atoms with Gasteiger partial charge in [-0.1, -0.05) is 6.07 Å². The van der Waals surface area contributed by atoms with Crippen LogP contribution in [0.1, 0.15) is 47.1 Å². The number of rotatable bonds is 9. The van der Waals surface area contributed by atoms with E-state index in [0.29, 0.717) is 32.2 Å². The van der Waals surface area contributed by atoms with Crippen molar-refractivity contribution in [2.75, 3.05) is 32.9 Å². The normalized spacial score (nSPS) is 21.9. The van der Waals surface area contributed by atoms with Crippen LogP contribution in [0.15, 0.2) is 36.4 Å². The minimum Gasteiger partial charge on any atom is -0.478 e. The molecule has 9 nitrogen and oxygen atoms in total. The summed E-state index contributed by atoms with van der Waals surface area (Å²) in [6.07, 6.45) is 1.60. The Balaban J connectivity index is 1.12. The van der Waals surface area contributed by atoms with E-state index >= 15 is 0 Å². The molecule has 6 rings (SSSR count). The highest BCUT2D eigenvalue weighted by Gasteiger charge is 2.31. The van der Waals surface area contributed by atoms with Gasteiger partial charge in [0.15, 0.2) is 0 Å². The van der Waals surface area contributed by atoms with Gasteiger partial charge in [-0.3, -0.25) is 4.90 Å². The Morgan fingerprint density at radius 3 is 2.65 bits per heavy atom. The molecule has 0 aliphatic carbocycles. The Kier molecular flexibility index (Phi) is 6.79. The number of halogens is 1. The molecule has 10 heteroatoms. The lowest BCUT2D eigenvalue weighted by molar-refractivity contribution is -0.126. The highest BCUT2D eigenvalue weighted by molar-refractivity contribution is 5.92. The van der Waals surface area contributed by atoms with Crippen LogP contribution in [-0.4, -0.2) is 75.9 Å². The molecule has 1 aromatic carbocycles. The molecule has 5 heterocycles. The van der Waals surface area contributed by atoms with Gasteiger partial charge < -0.3 is 23.9 Å². The monoisotopic (exact) mass is 510 g/mol. The Bertz CT molecular complexity index is 1270. The summed E-state index contributed by atoms with van der Waals surface area (Å²) in [5.74, 6) is 0.371. The molecule has 0 unspecified atom stereocenters. The first-order chi connectivity index (χ1) is 18.0.